The van der Waals surface area contributed by atoms with Gasteiger partial charge in [0.25, 0.3) is 0 Å². The molecule has 19 heavy (non-hydrogen) atoms. The Morgan fingerprint density at radius 3 is 2.79 bits per heavy atom. The second-order valence-electron chi connectivity index (χ2n) is 4.89. The molecular weight excluding hydrogens is 282 g/mol. The summed E-state index contributed by atoms with van der Waals surface area (Å²) in [5.74, 6) is 1.28. The first-order valence-corrected chi connectivity index (χ1v) is 7.79. The highest BCUT2D eigenvalue weighted by molar-refractivity contribution is 7.98. The number of hydrogen-bond acceptors (Lipinski definition) is 4. The van der Waals surface area contributed by atoms with E-state index in [0.717, 1.165) is 29.2 Å². The quantitative estimate of drug-likeness (QED) is 0.821. The Labute approximate surface area is 122 Å². The van der Waals surface area contributed by atoms with Gasteiger partial charge >= 0.3 is 5.97 Å². The summed E-state index contributed by atoms with van der Waals surface area (Å²) in [6, 6.07) is 7.72. The Morgan fingerprint density at radius 2 is 2.21 bits per heavy atom. The van der Waals surface area contributed by atoms with Crippen LogP contribution in [-0.4, -0.2) is 24.4 Å². The lowest BCUT2D eigenvalue weighted by atomic mass is 9.97. The summed E-state index contributed by atoms with van der Waals surface area (Å²) in [6.45, 7) is 0. The van der Waals surface area contributed by atoms with Crippen LogP contribution < -0.4 is 5.73 Å². The molecular formula is C14H18ClNO2S. The number of carbonyl (C=O) groups is 1. The van der Waals surface area contributed by atoms with Crippen LogP contribution in [0.5, 0.6) is 0 Å². The van der Waals surface area contributed by atoms with Crippen LogP contribution in [0, 0.1) is 5.92 Å². The van der Waals surface area contributed by atoms with Crippen molar-refractivity contribution in [3.63, 3.8) is 0 Å². The molecule has 1 saturated carbocycles. The third-order valence-electron chi connectivity index (χ3n) is 3.43. The van der Waals surface area contributed by atoms with E-state index in [4.69, 9.17) is 22.1 Å². The molecule has 2 N–H and O–H groups in total. The zero-order valence-electron chi connectivity index (χ0n) is 10.9. The zero-order valence-corrected chi connectivity index (χ0v) is 12.5. The molecule has 5 heteroatoms. The molecule has 0 radical (unpaired) electrons. The molecule has 0 amide bonds. The number of benzene rings is 1. The molecule has 0 heterocycles. The number of esters is 1. The molecule has 0 saturated heterocycles. The van der Waals surface area contributed by atoms with Crippen molar-refractivity contribution in [2.75, 3.05) is 12.9 Å². The summed E-state index contributed by atoms with van der Waals surface area (Å²) in [6.07, 6.45) is 2.02. The van der Waals surface area contributed by atoms with E-state index in [-0.39, 0.29) is 11.9 Å². The second kappa shape index (κ2) is 6.16. The fraction of sp³-hybridized carbons (Fsp3) is 0.500. The summed E-state index contributed by atoms with van der Waals surface area (Å²) in [4.78, 5) is 11.8. The highest BCUT2D eigenvalue weighted by atomic mass is 35.5. The number of methoxy groups -OCH3 is 1. The van der Waals surface area contributed by atoms with Gasteiger partial charge in [-0.3, -0.25) is 4.79 Å². The molecule has 1 unspecified atom stereocenters. The molecule has 1 aromatic rings. The molecule has 104 valence electrons. The van der Waals surface area contributed by atoms with Gasteiger partial charge in [-0.2, -0.15) is 11.8 Å². The molecule has 0 aromatic heterocycles. The third-order valence-corrected chi connectivity index (χ3v) is 4.99. The number of halogens is 1. The van der Waals surface area contributed by atoms with Crippen molar-refractivity contribution < 1.29 is 9.53 Å². The van der Waals surface area contributed by atoms with E-state index in [9.17, 15) is 4.79 Å². The van der Waals surface area contributed by atoms with Gasteiger partial charge in [0.15, 0.2) is 0 Å². The lowest BCUT2D eigenvalue weighted by Gasteiger charge is -2.26. The number of thioether (sulfide) groups is 1. The minimum Gasteiger partial charge on any atom is -0.468 e. The van der Waals surface area contributed by atoms with Crippen molar-refractivity contribution in [1.29, 1.82) is 0 Å². The maximum atomic E-state index is 11.8. The summed E-state index contributed by atoms with van der Waals surface area (Å²) >= 11 is 7.73. The first kappa shape index (κ1) is 14.7. The van der Waals surface area contributed by atoms with Gasteiger partial charge in [-0.15, -0.1) is 0 Å². The number of hydrogen-bond donors (Lipinski definition) is 1. The van der Waals surface area contributed by atoms with Gasteiger partial charge in [-0.05, 0) is 30.4 Å². The predicted molar refractivity (Wildman–Crippen MR) is 79.3 cm³/mol. The zero-order chi connectivity index (χ0) is 13.9. The predicted octanol–water partition coefficient (Wildman–Crippen LogP) is 2.85. The van der Waals surface area contributed by atoms with Crippen LogP contribution in [0.1, 0.15) is 18.4 Å². The minimum absolute atomic E-state index is 0.263. The summed E-state index contributed by atoms with van der Waals surface area (Å²) in [7, 11) is 1.39. The molecule has 0 spiro atoms. The van der Waals surface area contributed by atoms with Gasteiger partial charge in [-0.1, -0.05) is 29.8 Å². The van der Waals surface area contributed by atoms with Gasteiger partial charge in [0, 0.05) is 16.5 Å². The van der Waals surface area contributed by atoms with E-state index in [1.165, 1.54) is 7.11 Å². The van der Waals surface area contributed by atoms with Crippen LogP contribution in [0.4, 0.5) is 0 Å². The Morgan fingerprint density at radius 1 is 1.53 bits per heavy atom. The lowest BCUT2D eigenvalue weighted by Crippen LogP contribution is -2.53. The Balaban J connectivity index is 1.93. The fourth-order valence-corrected chi connectivity index (χ4v) is 3.62. The Kier molecular flexibility index (Phi) is 4.76. The molecule has 3 nitrogen and oxygen atoms in total. The van der Waals surface area contributed by atoms with Gasteiger partial charge in [0.1, 0.15) is 5.54 Å². The molecule has 2 rings (SSSR count). The van der Waals surface area contributed by atoms with Crippen LogP contribution in [-0.2, 0) is 15.3 Å². The molecule has 1 aromatic carbocycles. The second-order valence-corrected chi connectivity index (χ2v) is 6.28. The first-order chi connectivity index (χ1) is 9.08. The van der Waals surface area contributed by atoms with E-state index in [2.05, 4.69) is 0 Å². The highest BCUT2D eigenvalue weighted by Gasteiger charge is 2.48. The number of nitrogens with two attached hydrogens (primary N) is 1. The van der Waals surface area contributed by atoms with Crippen molar-refractivity contribution in [3.8, 4) is 0 Å². The molecule has 1 aliphatic carbocycles. The highest BCUT2D eigenvalue weighted by Crippen LogP contribution is 2.41. The van der Waals surface area contributed by atoms with Gasteiger partial charge in [-0.25, -0.2) is 0 Å². The van der Waals surface area contributed by atoms with Crippen molar-refractivity contribution in [3.05, 3.63) is 34.9 Å². The summed E-state index contributed by atoms with van der Waals surface area (Å²) in [5, 5.41) is 0.752. The molecule has 0 bridgehead atoms. The summed E-state index contributed by atoms with van der Waals surface area (Å²) in [5.41, 5.74) is 6.45. The lowest BCUT2D eigenvalue weighted by molar-refractivity contribution is -0.146. The van der Waals surface area contributed by atoms with Crippen LogP contribution in [0.2, 0.25) is 5.02 Å². The average molecular weight is 300 g/mol. The number of carbonyl (C=O) groups excluding carboxylic acids is 1. The van der Waals surface area contributed by atoms with Crippen molar-refractivity contribution in [2.45, 2.75) is 24.1 Å². The average Bonchev–Trinajstić information content (AvgIpc) is 3.24. The Bertz CT molecular complexity index is 465. The standard InChI is InChI=1S/C14H18ClNO2S/c1-18-13(17)14(16,11-6-7-11)9-19-8-10-4-2-3-5-12(10)15/h2-5,11H,6-9,16H2,1H3. The molecule has 0 aliphatic heterocycles. The van der Waals surface area contributed by atoms with Gasteiger partial charge in [0.05, 0.1) is 7.11 Å². The van der Waals surface area contributed by atoms with E-state index in [1.807, 2.05) is 24.3 Å². The van der Waals surface area contributed by atoms with Crippen molar-refractivity contribution >= 4 is 29.3 Å². The van der Waals surface area contributed by atoms with E-state index >= 15 is 0 Å². The summed E-state index contributed by atoms with van der Waals surface area (Å²) < 4.78 is 4.84. The largest absolute Gasteiger partial charge is 0.468 e. The van der Waals surface area contributed by atoms with Gasteiger partial charge < -0.3 is 10.5 Å². The number of ether oxygens (including phenoxy) is 1. The van der Waals surface area contributed by atoms with Crippen LogP contribution in [0.15, 0.2) is 24.3 Å². The normalized spacial score (nSPS) is 17.8. The molecule has 1 atom stereocenters. The smallest absolute Gasteiger partial charge is 0.326 e. The monoisotopic (exact) mass is 299 g/mol. The fourth-order valence-electron chi connectivity index (χ4n) is 2.08. The van der Waals surface area contributed by atoms with E-state index in [0.29, 0.717) is 5.75 Å². The van der Waals surface area contributed by atoms with Crippen LogP contribution in [0.3, 0.4) is 0 Å². The SMILES string of the molecule is COC(=O)C(N)(CSCc1ccccc1Cl)C1CC1. The van der Waals surface area contributed by atoms with Crippen LogP contribution in [0.25, 0.3) is 0 Å². The third kappa shape index (κ3) is 3.44. The maximum absolute atomic E-state index is 11.8. The first-order valence-electron chi connectivity index (χ1n) is 6.26. The van der Waals surface area contributed by atoms with Crippen molar-refractivity contribution in [1.82, 2.24) is 0 Å². The topological polar surface area (TPSA) is 52.3 Å². The molecule has 1 fully saturated rings. The Hall–Kier alpha value is -0.710. The molecule has 1 aliphatic rings. The maximum Gasteiger partial charge on any atom is 0.326 e. The van der Waals surface area contributed by atoms with E-state index in [1.54, 1.807) is 11.8 Å². The van der Waals surface area contributed by atoms with Crippen molar-refractivity contribution in [2.24, 2.45) is 11.7 Å². The van der Waals surface area contributed by atoms with Crippen LogP contribution >= 0.6 is 23.4 Å². The minimum atomic E-state index is -0.847. The van der Waals surface area contributed by atoms with Gasteiger partial charge in [0.2, 0.25) is 0 Å². The number of rotatable bonds is 6. The van der Waals surface area contributed by atoms with E-state index < -0.39 is 5.54 Å².